The number of likely N-dealkylation sites (tertiary alicyclic amines) is 1. The van der Waals surface area contributed by atoms with Crippen LogP contribution in [0.2, 0.25) is 0 Å². The molecule has 2 N–H and O–H groups in total. The highest BCUT2D eigenvalue weighted by molar-refractivity contribution is 6.43. The second-order valence-electron chi connectivity index (χ2n) is 8.17. The van der Waals surface area contributed by atoms with Crippen molar-refractivity contribution in [3.8, 4) is 5.75 Å². The highest BCUT2D eigenvalue weighted by Gasteiger charge is 2.32. The molecule has 1 aromatic carbocycles. The number of halogens is 2. The van der Waals surface area contributed by atoms with Crippen molar-refractivity contribution in [2.24, 2.45) is 4.99 Å². The van der Waals surface area contributed by atoms with Crippen molar-refractivity contribution < 1.29 is 18.7 Å². The fourth-order valence-electron chi connectivity index (χ4n) is 3.95. The molecule has 1 amide bonds. The molecule has 0 unspecified atom stereocenters. The Balaban J connectivity index is 1.48. The van der Waals surface area contributed by atoms with Crippen molar-refractivity contribution in [2.75, 3.05) is 52.5 Å². The van der Waals surface area contributed by atoms with Crippen LogP contribution in [0.1, 0.15) is 24.2 Å². The fourth-order valence-corrected chi connectivity index (χ4v) is 4.04. The number of aliphatic imine (C=N–C) groups is 1. The molecule has 8 nitrogen and oxygen atoms in total. The van der Waals surface area contributed by atoms with E-state index in [1.54, 1.807) is 6.92 Å². The van der Waals surface area contributed by atoms with Crippen molar-refractivity contribution in [3.05, 3.63) is 51.7 Å². The van der Waals surface area contributed by atoms with Crippen LogP contribution in [-0.2, 0) is 4.74 Å². The van der Waals surface area contributed by atoms with Crippen molar-refractivity contribution in [3.63, 3.8) is 0 Å². The first-order chi connectivity index (χ1) is 15.8. The maximum atomic E-state index is 13.9. The smallest absolute Gasteiger partial charge is 0.258 e. The summed E-state index contributed by atoms with van der Waals surface area (Å²) in [4.78, 5) is 21.5. The molecule has 0 radical (unpaired) electrons. The van der Waals surface area contributed by atoms with E-state index in [4.69, 9.17) is 26.5 Å². The van der Waals surface area contributed by atoms with E-state index in [-0.39, 0.29) is 30.3 Å². The Bertz CT molecular complexity index is 1060. The number of carbonyl (C=O) groups is 1. The fraction of sp³-hybridized carbons (Fsp3) is 0.435. The normalized spacial score (nSPS) is 21.9. The largest absolute Gasteiger partial charge is 0.491 e. The lowest BCUT2D eigenvalue weighted by molar-refractivity contribution is 0.0321. The molecule has 0 aliphatic carbocycles. The van der Waals surface area contributed by atoms with Crippen LogP contribution in [0, 0.1) is 11.2 Å². The van der Waals surface area contributed by atoms with E-state index in [0.717, 1.165) is 18.8 Å². The molecule has 10 heteroatoms. The van der Waals surface area contributed by atoms with Crippen molar-refractivity contribution in [2.45, 2.75) is 13.8 Å². The number of nitrogens with one attached hydrogen (secondary N) is 2. The average molecular weight is 476 g/mol. The summed E-state index contributed by atoms with van der Waals surface area (Å²) >= 11 is 6.20. The van der Waals surface area contributed by atoms with Crippen molar-refractivity contribution in [1.29, 1.82) is 5.41 Å². The Hall–Kier alpha value is -2.75. The lowest BCUT2D eigenvalue weighted by Gasteiger charge is -2.26. The minimum atomic E-state index is -0.472. The average Bonchev–Trinajstić information content (AvgIpc) is 3.19. The predicted molar refractivity (Wildman–Crippen MR) is 125 cm³/mol. The van der Waals surface area contributed by atoms with Gasteiger partial charge in [0, 0.05) is 37.0 Å². The number of amides is 1. The maximum Gasteiger partial charge on any atom is 0.258 e. The molecule has 2 saturated heterocycles. The van der Waals surface area contributed by atoms with Crippen LogP contribution in [0.15, 0.2) is 45.3 Å². The minimum absolute atomic E-state index is 0.134. The minimum Gasteiger partial charge on any atom is -0.491 e. The zero-order chi connectivity index (χ0) is 23.5. The monoisotopic (exact) mass is 475 g/mol. The number of hydrogen-bond donors (Lipinski definition) is 2. The van der Waals surface area contributed by atoms with Gasteiger partial charge in [0.1, 0.15) is 24.0 Å². The molecule has 1 aromatic rings. The Morgan fingerprint density at radius 1 is 1.30 bits per heavy atom. The summed E-state index contributed by atoms with van der Waals surface area (Å²) in [6.07, 6.45) is 0. The first-order valence-corrected chi connectivity index (χ1v) is 11.2. The van der Waals surface area contributed by atoms with Crippen LogP contribution in [0.5, 0.6) is 5.75 Å². The third-order valence-corrected chi connectivity index (χ3v) is 6.37. The number of ether oxygens (including phenoxy) is 2. The second kappa shape index (κ2) is 10.0. The van der Waals surface area contributed by atoms with Gasteiger partial charge in [-0.05, 0) is 26.0 Å². The molecule has 2 fully saturated rings. The molecular formula is C23H27ClFN5O3. The van der Waals surface area contributed by atoms with Gasteiger partial charge in [-0.2, -0.15) is 0 Å². The number of carbonyl (C=O) groups excluding carboxylic acids is 1. The van der Waals surface area contributed by atoms with Crippen molar-refractivity contribution in [1.82, 2.24) is 15.1 Å². The van der Waals surface area contributed by atoms with E-state index in [2.05, 4.69) is 15.2 Å². The molecule has 3 aliphatic rings. The molecule has 0 atom stereocenters. The van der Waals surface area contributed by atoms with Gasteiger partial charge in [0.2, 0.25) is 0 Å². The van der Waals surface area contributed by atoms with Gasteiger partial charge in [0.15, 0.2) is 0 Å². The number of nitrogens with zero attached hydrogens (tertiary/aromatic N) is 3. The van der Waals surface area contributed by atoms with E-state index in [1.165, 1.54) is 23.1 Å². The zero-order valence-electron chi connectivity index (χ0n) is 18.7. The van der Waals surface area contributed by atoms with Crippen LogP contribution < -0.4 is 10.1 Å². The van der Waals surface area contributed by atoms with Crippen LogP contribution >= 0.6 is 11.6 Å². The van der Waals surface area contributed by atoms with E-state index in [9.17, 15) is 9.18 Å². The van der Waals surface area contributed by atoms with E-state index in [0.29, 0.717) is 54.2 Å². The summed E-state index contributed by atoms with van der Waals surface area (Å²) in [5.41, 5.74) is 2.60. The van der Waals surface area contributed by atoms with Gasteiger partial charge in [-0.3, -0.25) is 9.69 Å². The molecule has 0 bridgehead atoms. The molecule has 4 rings (SSSR count). The van der Waals surface area contributed by atoms with Crippen LogP contribution in [0.3, 0.4) is 0 Å². The summed E-state index contributed by atoms with van der Waals surface area (Å²) in [6, 6.07) is 3.92. The SMILES string of the molecule is CC1=N/C(=C2\CN(C(=O)c3ccc(F)cc3OCCN3CCOCC3)CC2=N)NC(C)=C1Cl. The molecule has 0 spiro atoms. The summed E-state index contributed by atoms with van der Waals surface area (Å²) < 4.78 is 25.1. The first-order valence-electron chi connectivity index (χ1n) is 10.8. The Labute approximate surface area is 197 Å². The van der Waals surface area contributed by atoms with E-state index >= 15 is 0 Å². The molecule has 0 aromatic heterocycles. The molecular weight excluding hydrogens is 449 g/mol. The van der Waals surface area contributed by atoms with Gasteiger partial charge >= 0.3 is 0 Å². The van der Waals surface area contributed by atoms with Gasteiger partial charge in [-0.15, -0.1) is 0 Å². The summed E-state index contributed by atoms with van der Waals surface area (Å²) in [5, 5.41) is 12.1. The van der Waals surface area contributed by atoms with E-state index < -0.39 is 5.82 Å². The molecule has 3 aliphatic heterocycles. The van der Waals surface area contributed by atoms with Gasteiger partial charge < -0.3 is 25.1 Å². The van der Waals surface area contributed by atoms with Gasteiger partial charge in [0.25, 0.3) is 5.91 Å². The third kappa shape index (κ3) is 5.26. The third-order valence-electron chi connectivity index (χ3n) is 5.81. The molecule has 3 heterocycles. The highest BCUT2D eigenvalue weighted by atomic mass is 35.5. The summed E-state index contributed by atoms with van der Waals surface area (Å²) in [7, 11) is 0. The van der Waals surface area contributed by atoms with Crippen molar-refractivity contribution >= 4 is 28.9 Å². The molecule has 0 saturated carbocycles. The van der Waals surface area contributed by atoms with Gasteiger partial charge in [-0.1, -0.05) is 11.6 Å². The maximum absolute atomic E-state index is 13.9. The lowest BCUT2D eigenvalue weighted by atomic mass is 10.1. The standard InChI is InChI=1S/C23H27ClFN5O3/c1-14-21(24)15(2)28-22(27-14)18-12-30(13-19(18)26)23(31)17-4-3-16(25)11-20(17)33-10-7-29-5-8-32-9-6-29/h3-4,11,26-27H,5-10,12-13H2,1-2H3/b22-18+,26-19?. The number of allylic oxidation sites excluding steroid dienone is 2. The number of benzene rings is 1. The Morgan fingerprint density at radius 3 is 2.79 bits per heavy atom. The van der Waals surface area contributed by atoms with Crippen LogP contribution in [-0.4, -0.2) is 79.7 Å². The van der Waals surface area contributed by atoms with Gasteiger partial charge in [-0.25, -0.2) is 9.38 Å². The second-order valence-corrected chi connectivity index (χ2v) is 8.55. The topological polar surface area (TPSA) is 90.2 Å². The molecule has 33 heavy (non-hydrogen) atoms. The first kappa shape index (κ1) is 23.4. The number of rotatable bonds is 5. The van der Waals surface area contributed by atoms with Crippen LogP contribution in [0.25, 0.3) is 0 Å². The van der Waals surface area contributed by atoms with Crippen LogP contribution in [0.4, 0.5) is 4.39 Å². The number of hydrogen-bond acceptors (Lipinski definition) is 7. The Kier molecular flexibility index (Phi) is 7.11. The van der Waals surface area contributed by atoms with E-state index in [1.807, 2.05) is 6.92 Å². The van der Waals surface area contributed by atoms with Gasteiger partial charge in [0.05, 0.1) is 48.3 Å². The summed E-state index contributed by atoms with van der Waals surface area (Å²) in [6.45, 7) is 7.99. The Morgan fingerprint density at radius 2 is 2.06 bits per heavy atom. The zero-order valence-corrected chi connectivity index (χ0v) is 19.5. The highest BCUT2D eigenvalue weighted by Crippen LogP contribution is 2.27. The quantitative estimate of drug-likeness (QED) is 0.683. The lowest BCUT2D eigenvalue weighted by Crippen LogP contribution is -2.38. The predicted octanol–water partition coefficient (Wildman–Crippen LogP) is 2.76. The molecule has 176 valence electrons. The summed E-state index contributed by atoms with van der Waals surface area (Å²) in [5.74, 6) is -0.0642. The number of morpholine rings is 1.